The van der Waals surface area contributed by atoms with Gasteiger partial charge < -0.3 is 9.72 Å². The van der Waals surface area contributed by atoms with Gasteiger partial charge in [-0.25, -0.2) is 14.3 Å². The molecule has 1 aliphatic carbocycles. The van der Waals surface area contributed by atoms with Crippen LogP contribution in [0.25, 0.3) is 16.9 Å². The topological polar surface area (TPSA) is 105 Å². The van der Waals surface area contributed by atoms with Gasteiger partial charge in [-0.3, -0.25) is 9.78 Å². The number of ether oxygens (including phenoxy) is 1. The number of nitrogens with zero attached hydrogens (tertiary/aromatic N) is 3. The van der Waals surface area contributed by atoms with Crippen molar-refractivity contribution in [3.8, 4) is 17.0 Å². The van der Waals surface area contributed by atoms with Crippen LogP contribution in [0.3, 0.4) is 0 Å². The maximum Gasteiger partial charge on any atom is 0.573 e. The highest BCUT2D eigenvalue weighted by Crippen LogP contribution is 2.56. The molecule has 1 aliphatic rings. The smallest absolute Gasteiger partial charge is 0.406 e. The third kappa shape index (κ3) is 3.66. The molecule has 2 atom stereocenters. The first-order chi connectivity index (χ1) is 15.2. The SMILES string of the molecule is Cc1ccc([C@H]2C[C@@H]2c2cc(-c3c[nH]c(=O)[nH]c3=O)nn3ccnc23)cc1OC(F)(F)F. The van der Waals surface area contributed by atoms with E-state index < -0.39 is 17.6 Å². The third-order valence-corrected chi connectivity index (χ3v) is 5.54. The van der Waals surface area contributed by atoms with Gasteiger partial charge in [0.2, 0.25) is 0 Å². The Bertz CT molecular complexity index is 1450. The average molecular weight is 443 g/mol. The van der Waals surface area contributed by atoms with Gasteiger partial charge in [0.1, 0.15) is 5.75 Å². The van der Waals surface area contributed by atoms with Crippen LogP contribution < -0.4 is 16.0 Å². The molecule has 8 nitrogen and oxygen atoms in total. The van der Waals surface area contributed by atoms with Crippen molar-refractivity contribution in [1.29, 1.82) is 0 Å². The minimum absolute atomic E-state index is 0.0232. The van der Waals surface area contributed by atoms with E-state index in [1.807, 2.05) is 0 Å². The Hall–Kier alpha value is -3.89. The standard InChI is InChI=1S/C21H16F3N5O3/c1-10-2-3-11(6-17(10)32-21(22,23)24)12-7-13(12)14-8-16(28-29-5-4-25-18(14)29)15-9-26-20(31)27-19(15)30/h2-6,8-9,12-13H,7H2,1H3,(H2,26,27,30,31)/t12-,13+/m1/s1. The molecule has 3 heterocycles. The van der Waals surface area contributed by atoms with E-state index in [9.17, 15) is 22.8 Å². The number of nitrogens with one attached hydrogen (secondary N) is 2. The minimum atomic E-state index is -4.77. The number of rotatable bonds is 4. The van der Waals surface area contributed by atoms with Gasteiger partial charge in [0.05, 0.1) is 11.3 Å². The van der Waals surface area contributed by atoms with Crippen LogP contribution in [-0.2, 0) is 0 Å². The first kappa shape index (κ1) is 20.0. The summed E-state index contributed by atoms with van der Waals surface area (Å²) in [7, 11) is 0. The van der Waals surface area contributed by atoms with Gasteiger partial charge in [0.15, 0.2) is 5.65 Å². The molecule has 0 radical (unpaired) electrons. The van der Waals surface area contributed by atoms with E-state index in [4.69, 9.17) is 0 Å². The van der Waals surface area contributed by atoms with E-state index in [-0.39, 0.29) is 23.1 Å². The largest absolute Gasteiger partial charge is 0.573 e. The van der Waals surface area contributed by atoms with Crippen molar-refractivity contribution < 1.29 is 17.9 Å². The van der Waals surface area contributed by atoms with Crippen LogP contribution in [0.2, 0.25) is 0 Å². The lowest BCUT2D eigenvalue weighted by Crippen LogP contribution is -2.23. The highest BCUT2D eigenvalue weighted by molar-refractivity contribution is 5.63. The number of benzene rings is 1. The Labute approximate surface area is 177 Å². The first-order valence-corrected chi connectivity index (χ1v) is 9.72. The van der Waals surface area contributed by atoms with Crippen LogP contribution in [0.15, 0.2) is 52.4 Å². The zero-order valence-corrected chi connectivity index (χ0v) is 16.6. The van der Waals surface area contributed by atoms with Crippen molar-refractivity contribution in [2.75, 3.05) is 0 Å². The molecule has 0 amide bonds. The van der Waals surface area contributed by atoms with Crippen molar-refractivity contribution in [3.05, 3.63) is 80.4 Å². The Morgan fingerprint density at radius 2 is 2.00 bits per heavy atom. The summed E-state index contributed by atoms with van der Waals surface area (Å²) in [5, 5.41) is 4.40. The van der Waals surface area contributed by atoms with Crippen molar-refractivity contribution in [2.45, 2.75) is 31.5 Å². The summed E-state index contributed by atoms with van der Waals surface area (Å²) >= 11 is 0. The average Bonchev–Trinajstić information content (AvgIpc) is 3.36. The number of halogens is 3. The fourth-order valence-electron chi connectivity index (χ4n) is 3.93. The van der Waals surface area contributed by atoms with Crippen LogP contribution in [-0.4, -0.2) is 30.9 Å². The molecule has 0 bridgehead atoms. The zero-order chi connectivity index (χ0) is 22.6. The van der Waals surface area contributed by atoms with Gasteiger partial charge >= 0.3 is 12.1 Å². The minimum Gasteiger partial charge on any atom is -0.406 e. The van der Waals surface area contributed by atoms with E-state index in [2.05, 4.69) is 24.8 Å². The van der Waals surface area contributed by atoms with E-state index in [1.165, 1.54) is 16.8 Å². The normalized spacial score (nSPS) is 18.1. The van der Waals surface area contributed by atoms with Crippen molar-refractivity contribution in [2.24, 2.45) is 0 Å². The second kappa shape index (κ2) is 7.08. The fraction of sp³-hybridized carbons (Fsp3) is 0.238. The lowest BCUT2D eigenvalue weighted by Gasteiger charge is -2.13. The predicted molar refractivity (Wildman–Crippen MR) is 108 cm³/mol. The van der Waals surface area contributed by atoms with E-state index in [0.717, 1.165) is 11.1 Å². The molecule has 5 rings (SSSR count). The molecule has 4 aromatic rings. The second-order valence-electron chi connectivity index (χ2n) is 7.69. The molecule has 32 heavy (non-hydrogen) atoms. The lowest BCUT2D eigenvalue weighted by atomic mass is 10.0. The number of hydrogen-bond donors (Lipinski definition) is 2. The summed E-state index contributed by atoms with van der Waals surface area (Å²) in [6, 6.07) is 6.55. The number of hydrogen-bond acceptors (Lipinski definition) is 5. The highest BCUT2D eigenvalue weighted by atomic mass is 19.4. The number of alkyl halides is 3. The molecule has 164 valence electrons. The van der Waals surface area contributed by atoms with Crippen molar-refractivity contribution in [1.82, 2.24) is 24.6 Å². The number of fused-ring (bicyclic) bond motifs is 1. The van der Waals surface area contributed by atoms with E-state index >= 15 is 0 Å². The molecule has 0 aliphatic heterocycles. The summed E-state index contributed by atoms with van der Waals surface area (Å²) in [5.41, 5.74) is 1.86. The molecule has 11 heteroatoms. The highest BCUT2D eigenvalue weighted by Gasteiger charge is 2.42. The maximum absolute atomic E-state index is 12.7. The fourth-order valence-corrected chi connectivity index (χ4v) is 3.93. The van der Waals surface area contributed by atoms with Crippen molar-refractivity contribution >= 4 is 5.65 Å². The van der Waals surface area contributed by atoms with Gasteiger partial charge in [-0.1, -0.05) is 12.1 Å². The molecule has 2 N–H and O–H groups in total. The third-order valence-electron chi connectivity index (χ3n) is 5.54. The lowest BCUT2D eigenvalue weighted by molar-refractivity contribution is -0.274. The van der Waals surface area contributed by atoms with Gasteiger partial charge in [-0.2, -0.15) is 5.10 Å². The monoisotopic (exact) mass is 443 g/mol. The van der Waals surface area contributed by atoms with Gasteiger partial charge in [-0.15, -0.1) is 13.2 Å². The van der Waals surface area contributed by atoms with E-state index in [0.29, 0.717) is 23.3 Å². The molecule has 1 fully saturated rings. The molecule has 3 aromatic heterocycles. The molecule has 0 spiro atoms. The van der Waals surface area contributed by atoms with Crippen LogP contribution in [0.4, 0.5) is 13.2 Å². The number of H-pyrrole nitrogens is 2. The van der Waals surface area contributed by atoms with Crippen LogP contribution >= 0.6 is 0 Å². The first-order valence-electron chi connectivity index (χ1n) is 9.72. The van der Waals surface area contributed by atoms with E-state index in [1.54, 1.807) is 37.5 Å². The molecule has 1 saturated carbocycles. The molecule has 1 aromatic carbocycles. The molecular weight excluding hydrogens is 427 g/mol. The predicted octanol–water partition coefficient (Wildman–Crippen LogP) is 3.25. The van der Waals surface area contributed by atoms with Gasteiger partial charge in [0.25, 0.3) is 5.56 Å². The molecule has 0 unspecified atom stereocenters. The summed E-state index contributed by atoms with van der Waals surface area (Å²) < 4.78 is 43.9. The van der Waals surface area contributed by atoms with Gasteiger partial charge in [0, 0.05) is 24.2 Å². The van der Waals surface area contributed by atoms with Crippen molar-refractivity contribution in [3.63, 3.8) is 0 Å². The zero-order valence-electron chi connectivity index (χ0n) is 16.6. The summed E-state index contributed by atoms with van der Waals surface area (Å²) in [6.45, 7) is 1.56. The Morgan fingerprint density at radius 3 is 2.75 bits per heavy atom. The summed E-state index contributed by atoms with van der Waals surface area (Å²) in [6.07, 6.45) is 0.438. The summed E-state index contributed by atoms with van der Waals surface area (Å²) in [4.78, 5) is 32.5. The second-order valence-corrected chi connectivity index (χ2v) is 7.69. The van der Waals surface area contributed by atoms with Gasteiger partial charge in [-0.05, 0) is 48.4 Å². The summed E-state index contributed by atoms with van der Waals surface area (Å²) in [5.74, 6) is -0.275. The van der Waals surface area contributed by atoms with Crippen LogP contribution in [0.5, 0.6) is 5.75 Å². The van der Waals surface area contributed by atoms with Crippen LogP contribution in [0, 0.1) is 6.92 Å². The maximum atomic E-state index is 12.7. The number of aromatic nitrogens is 5. The Balaban J connectivity index is 1.53. The number of aryl methyl sites for hydroxylation is 1. The number of imidazole rings is 1. The van der Waals surface area contributed by atoms with Crippen LogP contribution in [0.1, 0.15) is 34.9 Å². The molecule has 0 saturated heterocycles. The Kier molecular flexibility index (Phi) is 4.43. The quantitative estimate of drug-likeness (QED) is 0.504. The number of aromatic amines is 2. The Morgan fingerprint density at radius 1 is 1.19 bits per heavy atom. The molecular formula is C21H16F3N5O3.